The van der Waals surface area contributed by atoms with Crippen molar-refractivity contribution < 1.29 is 28.7 Å². The number of esters is 2. The number of allylic oxidation sites excluding steroid dienone is 1. The zero-order valence-electron chi connectivity index (χ0n) is 14.5. The maximum atomic E-state index is 13.7. The van der Waals surface area contributed by atoms with Gasteiger partial charge in [0.25, 0.3) is 0 Å². The van der Waals surface area contributed by atoms with Crippen molar-refractivity contribution in [2.45, 2.75) is 51.6 Å². The molecule has 4 aliphatic carbocycles. The first kappa shape index (κ1) is 16.5. The highest BCUT2D eigenvalue weighted by molar-refractivity contribution is 6.07. The van der Waals surface area contributed by atoms with Gasteiger partial charge in [-0.05, 0) is 26.2 Å². The number of hydrogen-bond donors (Lipinski definition) is 0. The monoisotopic (exact) mass is 346 g/mol. The average molecular weight is 346 g/mol. The van der Waals surface area contributed by atoms with E-state index >= 15 is 0 Å². The third kappa shape index (κ3) is 1.80. The molecule has 2 unspecified atom stereocenters. The molecule has 0 amide bonds. The molecule has 134 valence electrons. The Kier molecular flexibility index (Phi) is 3.31. The SMILES string of the molecule is CC(=O)OC1(C)C(=O)[C@@]23C=C[C@@H]1CC2C(=O)OC[C@]31CCCCC1=O. The fourth-order valence-electron chi connectivity index (χ4n) is 5.63. The molecule has 1 saturated heterocycles. The highest BCUT2D eigenvalue weighted by atomic mass is 16.6. The van der Waals surface area contributed by atoms with E-state index in [9.17, 15) is 19.2 Å². The normalized spacial score (nSPS) is 45.3. The van der Waals surface area contributed by atoms with E-state index in [1.54, 1.807) is 13.0 Å². The fourth-order valence-corrected chi connectivity index (χ4v) is 5.63. The molecule has 0 N–H and O–H groups in total. The second kappa shape index (κ2) is 5.02. The Labute approximate surface area is 145 Å². The Morgan fingerprint density at radius 1 is 1.28 bits per heavy atom. The van der Waals surface area contributed by atoms with Crippen LogP contribution in [0.4, 0.5) is 0 Å². The van der Waals surface area contributed by atoms with Gasteiger partial charge in [-0.3, -0.25) is 19.2 Å². The van der Waals surface area contributed by atoms with Crippen LogP contribution in [-0.4, -0.2) is 35.7 Å². The van der Waals surface area contributed by atoms with Crippen LogP contribution in [0.5, 0.6) is 0 Å². The van der Waals surface area contributed by atoms with Crippen LogP contribution in [0.3, 0.4) is 0 Å². The maximum absolute atomic E-state index is 13.7. The molecule has 0 aromatic heterocycles. The quantitative estimate of drug-likeness (QED) is 0.531. The van der Waals surface area contributed by atoms with E-state index in [1.165, 1.54) is 6.92 Å². The predicted octanol–water partition coefficient (Wildman–Crippen LogP) is 1.76. The third-order valence-corrected chi connectivity index (χ3v) is 6.85. The van der Waals surface area contributed by atoms with Gasteiger partial charge >= 0.3 is 11.9 Å². The molecule has 5 atom stereocenters. The van der Waals surface area contributed by atoms with Crippen molar-refractivity contribution in [1.29, 1.82) is 0 Å². The zero-order valence-corrected chi connectivity index (χ0v) is 14.5. The van der Waals surface area contributed by atoms with Crippen molar-refractivity contribution >= 4 is 23.5 Å². The lowest BCUT2D eigenvalue weighted by Crippen LogP contribution is -2.73. The summed E-state index contributed by atoms with van der Waals surface area (Å²) >= 11 is 0. The van der Waals surface area contributed by atoms with Crippen molar-refractivity contribution in [3.8, 4) is 0 Å². The van der Waals surface area contributed by atoms with Crippen LogP contribution in [0.1, 0.15) is 46.0 Å². The van der Waals surface area contributed by atoms with E-state index in [0.717, 1.165) is 12.8 Å². The average Bonchev–Trinajstić information content (AvgIpc) is 2.57. The number of carbonyl (C=O) groups is 4. The molecule has 0 aromatic carbocycles. The summed E-state index contributed by atoms with van der Waals surface area (Å²) in [7, 11) is 0. The van der Waals surface area contributed by atoms with E-state index in [0.29, 0.717) is 19.3 Å². The van der Waals surface area contributed by atoms with Gasteiger partial charge in [0.15, 0.2) is 11.4 Å². The van der Waals surface area contributed by atoms with E-state index < -0.39 is 34.3 Å². The molecule has 0 aromatic rings. The van der Waals surface area contributed by atoms with Crippen molar-refractivity contribution in [3.63, 3.8) is 0 Å². The number of rotatable bonds is 1. The Hall–Kier alpha value is -1.98. The van der Waals surface area contributed by atoms with Crippen molar-refractivity contribution in [3.05, 3.63) is 12.2 Å². The fraction of sp³-hybridized carbons (Fsp3) is 0.684. The third-order valence-electron chi connectivity index (χ3n) is 6.85. The lowest BCUT2D eigenvalue weighted by atomic mass is 9.41. The highest BCUT2D eigenvalue weighted by Crippen LogP contribution is 2.65. The minimum absolute atomic E-state index is 0.0141. The number of carbonyl (C=O) groups excluding carboxylic acids is 4. The summed E-state index contributed by atoms with van der Waals surface area (Å²) in [6.07, 6.45) is 6.50. The molecule has 2 saturated carbocycles. The summed E-state index contributed by atoms with van der Waals surface area (Å²) in [4.78, 5) is 50.8. The van der Waals surface area contributed by atoms with Gasteiger partial charge in [0.2, 0.25) is 0 Å². The molecule has 6 nitrogen and oxygen atoms in total. The topological polar surface area (TPSA) is 86.7 Å². The zero-order chi connectivity index (χ0) is 18.0. The van der Waals surface area contributed by atoms with Crippen LogP contribution in [0.2, 0.25) is 0 Å². The largest absolute Gasteiger partial charge is 0.464 e. The first-order valence-corrected chi connectivity index (χ1v) is 8.92. The molecule has 25 heavy (non-hydrogen) atoms. The Morgan fingerprint density at radius 2 is 2.04 bits per heavy atom. The highest BCUT2D eigenvalue weighted by Gasteiger charge is 2.75. The summed E-state index contributed by atoms with van der Waals surface area (Å²) in [5.74, 6) is -2.33. The smallest absolute Gasteiger partial charge is 0.310 e. The van der Waals surface area contributed by atoms with Crippen LogP contribution < -0.4 is 0 Å². The molecule has 1 heterocycles. The molecule has 2 bridgehead atoms. The van der Waals surface area contributed by atoms with Crippen molar-refractivity contribution in [1.82, 2.24) is 0 Å². The van der Waals surface area contributed by atoms with E-state index in [2.05, 4.69) is 0 Å². The van der Waals surface area contributed by atoms with Gasteiger partial charge in [0.05, 0.1) is 16.7 Å². The second-order valence-electron chi connectivity index (χ2n) is 7.97. The Morgan fingerprint density at radius 3 is 2.72 bits per heavy atom. The number of Topliss-reactive ketones (excluding diaryl/α,β-unsaturated/α-hetero) is 2. The first-order chi connectivity index (χ1) is 11.8. The van der Waals surface area contributed by atoms with E-state index in [1.807, 2.05) is 6.08 Å². The molecule has 1 aliphatic heterocycles. The summed E-state index contributed by atoms with van der Waals surface area (Å²) in [6, 6.07) is 0. The molecule has 5 rings (SSSR count). The van der Waals surface area contributed by atoms with Crippen LogP contribution in [0, 0.1) is 22.7 Å². The van der Waals surface area contributed by atoms with Gasteiger partial charge < -0.3 is 9.47 Å². The number of fused-ring (bicyclic) bond motifs is 1. The standard InChI is InChI=1S/C19H22O6/c1-11(20)25-17(2)12-6-8-19(16(17)23)13(9-12)15(22)24-10-18(19)7-4-3-5-14(18)21/h6,8,12-13H,3-5,7,9-10H2,1-2H3/t12-,13?,17?,18+,19-/m1/s1. The van der Waals surface area contributed by atoms with Gasteiger partial charge in [-0.2, -0.15) is 0 Å². The minimum Gasteiger partial charge on any atom is -0.464 e. The van der Waals surface area contributed by atoms with Gasteiger partial charge in [-0.1, -0.05) is 18.6 Å². The predicted molar refractivity (Wildman–Crippen MR) is 85.2 cm³/mol. The van der Waals surface area contributed by atoms with Crippen molar-refractivity contribution in [2.75, 3.05) is 6.61 Å². The summed E-state index contributed by atoms with van der Waals surface area (Å²) in [5, 5.41) is 0. The Bertz CT molecular complexity index is 723. The van der Waals surface area contributed by atoms with Crippen LogP contribution >= 0.6 is 0 Å². The first-order valence-electron chi connectivity index (χ1n) is 8.92. The lowest BCUT2D eigenvalue weighted by Gasteiger charge is -2.62. The molecule has 6 heteroatoms. The second-order valence-corrected chi connectivity index (χ2v) is 7.97. The van der Waals surface area contributed by atoms with Gasteiger partial charge in [-0.25, -0.2) is 0 Å². The maximum Gasteiger partial charge on any atom is 0.310 e. The van der Waals surface area contributed by atoms with Crippen LogP contribution in [0.25, 0.3) is 0 Å². The van der Waals surface area contributed by atoms with Crippen molar-refractivity contribution in [2.24, 2.45) is 22.7 Å². The molecule has 0 radical (unpaired) electrons. The van der Waals surface area contributed by atoms with Crippen LogP contribution in [0.15, 0.2) is 12.2 Å². The van der Waals surface area contributed by atoms with Gasteiger partial charge in [-0.15, -0.1) is 0 Å². The lowest BCUT2D eigenvalue weighted by molar-refractivity contribution is -0.214. The summed E-state index contributed by atoms with van der Waals surface area (Å²) in [6.45, 7) is 2.83. The van der Waals surface area contributed by atoms with E-state index in [-0.39, 0.29) is 24.1 Å². The van der Waals surface area contributed by atoms with Gasteiger partial charge in [0, 0.05) is 19.3 Å². The molecule has 5 aliphatic rings. The number of hydrogen-bond acceptors (Lipinski definition) is 6. The number of ether oxygens (including phenoxy) is 2. The van der Waals surface area contributed by atoms with E-state index in [4.69, 9.17) is 9.47 Å². The van der Waals surface area contributed by atoms with Crippen LogP contribution in [-0.2, 0) is 28.7 Å². The molecule has 2 spiro atoms. The number of cyclic esters (lactones) is 1. The summed E-state index contributed by atoms with van der Waals surface area (Å²) in [5.41, 5.74) is -3.61. The molecular formula is C19H22O6. The minimum atomic E-state index is -1.33. The molecule has 3 fully saturated rings. The van der Waals surface area contributed by atoms with Gasteiger partial charge in [0.1, 0.15) is 12.4 Å². The number of ketones is 2. The summed E-state index contributed by atoms with van der Waals surface area (Å²) < 4.78 is 10.9. The molecular weight excluding hydrogens is 324 g/mol. The Balaban J connectivity index is 1.92.